The lowest BCUT2D eigenvalue weighted by atomic mass is 9.65. The molecule has 0 aromatic heterocycles. The summed E-state index contributed by atoms with van der Waals surface area (Å²) in [4.78, 5) is 0. The van der Waals surface area contributed by atoms with E-state index in [2.05, 4.69) is 19.2 Å². The average Bonchev–Trinajstić information content (AvgIpc) is 2.34. The van der Waals surface area contributed by atoms with Crippen LogP contribution in [0.4, 0.5) is 13.2 Å². The van der Waals surface area contributed by atoms with E-state index in [1.54, 1.807) is 12.1 Å². The van der Waals surface area contributed by atoms with E-state index < -0.39 is 11.7 Å². The van der Waals surface area contributed by atoms with E-state index in [-0.39, 0.29) is 0 Å². The van der Waals surface area contributed by atoms with Gasteiger partial charge in [-0.15, -0.1) is 0 Å². The van der Waals surface area contributed by atoms with Crippen LogP contribution in [0.15, 0.2) is 24.3 Å². The third kappa shape index (κ3) is 2.94. The summed E-state index contributed by atoms with van der Waals surface area (Å²) in [6.45, 7) is 5.17. The van der Waals surface area contributed by atoms with Crippen LogP contribution >= 0.6 is 0 Å². The SMILES string of the molecule is CCNC1CC(c2ccc(C(F)(F)F)cc2)C1CC. The summed E-state index contributed by atoms with van der Waals surface area (Å²) in [7, 11) is 0. The average molecular weight is 271 g/mol. The normalized spacial score (nSPS) is 27.1. The fourth-order valence-corrected chi connectivity index (χ4v) is 3.08. The second-order valence-corrected chi connectivity index (χ2v) is 5.20. The lowest BCUT2D eigenvalue weighted by molar-refractivity contribution is -0.137. The Morgan fingerprint density at radius 1 is 1.16 bits per heavy atom. The number of hydrogen-bond acceptors (Lipinski definition) is 1. The molecule has 3 unspecified atom stereocenters. The van der Waals surface area contributed by atoms with Gasteiger partial charge in [0.15, 0.2) is 0 Å². The highest BCUT2D eigenvalue weighted by atomic mass is 19.4. The van der Waals surface area contributed by atoms with Gasteiger partial charge in [-0.05, 0) is 42.5 Å². The second kappa shape index (κ2) is 5.53. The molecule has 1 aromatic rings. The molecule has 4 heteroatoms. The number of rotatable bonds is 4. The van der Waals surface area contributed by atoms with E-state index in [1.807, 2.05) is 0 Å². The van der Waals surface area contributed by atoms with Gasteiger partial charge < -0.3 is 5.32 Å². The zero-order valence-electron chi connectivity index (χ0n) is 11.3. The molecule has 1 aliphatic rings. The summed E-state index contributed by atoms with van der Waals surface area (Å²) >= 11 is 0. The van der Waals surface area contributed by atoms with Gasteiger partial charge in [0.2, 0.25) is 0 Å². The van der Waals surface area contributed by atoms with Crippen LogP contribution in [0.2, 0.25) is 0 Å². The Hall–Kier alpha value is -1.03. The van der Waals surface area contributed by atoms with Crippen LogP contribution in [-0.2, 0) is 6.18 Å². The predicted molar refractivity (Wildman–Crippen MR) is 70.0 cm³/mol. The maximum atomic E-state index is 12.5. The molecule has 1 nitrogen and oxygen atoms in total. The van der Waals surface area contributed by atoms with Gasteiger partial charge in [-0.25, -0.2) is 0 Å². The van der Waals surface area contributed by atoms with Gasteiger partial charge in [-0.3, -0.25) is 0 Å². The van der Waals surface area contributed by atoms with Crippen LogP contribution in [0.3, 0.4) is 0 Å². The van der Waals surface area contributed by atoms with Crippen LogP contribution in [0.25, 0.3) is 0 Å². The number of hydrogen-bond donors (Lipinski definition) is 1. The van der Waals surface area contributed by atoms with Gasteiger partial charge in [-0.2, -0.15) is 13.2 Å². The van der Waals surface area contributed by atoms with Gasteiger partial charge in [0.1, 0.15) is 0 Å². The van der Waals surface area contributed by atoms with E-state index in [1.165, 1.54) is 12.1 Å². The molecule has 3 atom stereocenters. The van der Waals surface area contributed by atoms with E-state index >= 15 is 0 Å². The summed E-state index contributed by atoms with van der Waals surface area (Å²) in [5.41, 5.74) is 0.473. The van der Waals surface area contributed by atoms with Gasteiger partial charge in [0.25, 0.3) is 0 Å². The maximum absolute atomic E-state index is 12.5. The van der Waals surface area contributed by atoms with Crippen molar-refractivity contribution in [1.82, 2.24) is 5.32 Å². The van der Waals surface area contributed by atoms with E-state index in [9.17, 15) is 13.2 Å². The Morgan fingerprint density at radius 3 is 2.26 bits per heavy atom. The highest BCUT2D eigenvalue weighted by molar-refractivity contribution is 5.30. The fraction of sp³-hybridized carbons (Fsp3) is 0.600. The fourth-order valence-electron chi connectivity index (χ4n) is 3.08. The minimum Gasteiger partial charge on any atom is -0.314 e. The standard InChI is InChI=1S/C15H20F3N/c1-3-12-13(9-14(12)19-4-2)10-5-7-11(8-6-10)15(16,17)18/h5-8,12-14,19H,3-4,9H2,1-2H3. The number of nitrogens with one attached hydrogen (secondary N) is 1. The predicted octanol–water partition coefficient (Wildman–Crippen LogP) is 4.20. The molecule has 0 aliphatic heterocycles. The molecule has 19 heavy (non-hydrogen) atoms. The summed E-state index contributed by atoms with van der Waals surface area (Å²) in [5.74, 6) is 0.938. The highest BCUT2D eigenvalue weighted by Gasteiger charge is 2.40. The molecular weight excluding hydrogens is 251 g/mol. The molecule has 2 rings (SSSR count). The highest BCUT2D eigenvalue weighted by Crippen LogP contribution is 2.45. The summed E-state index contributed by atoms with van der Waals surface area (Å²) in [6, 6.07) is 6.18. The topological polar surface area (TPSA) is 12.0 Å². The minimum absolute atomic E-state index is 0.399. The molecule has 0 heterocycles. The molecule has 1 N–H and O–H groups in total. The Kier molecular flexibility index (Phi) is 4.19. The lowest BCUT2D eigenvalue weighted by Gasteiger charge is -2.45. The van der Waals surface area contributed by atoms with Crippen molar-refractivity contribution in [3.05, 3.63) is 35.4 Å². The molecular formula is C15H20F3N. The Morgan fingerprint density at radius 2 is 1.79 bits per heavy atom. The van der Waals surface area contributed by atoms with Crippen molar-refractivity contribution in [1.29, 1.82) is 0 Å². The number of alkyl halides is 3. The molecule has 0 saturated heterocycles. The third-order valence-electron chi connectivity index (χ3n) is 4.15. The molecule has 0 radical (unpaired) electrons. The lowest BCUT2D eigenvalue weighted by Crippen LogP contribution is -2.48. The van der Waals surface area contributed by atoms with Crippen molar-refractivity contribution in [3.8, 4) is 0 Å². The maximum Gasteiger partial charge on any atom is 0.416 e. The van der Waals surface area contributed by atoms with Crippen molar-refractivity contribution in [3.63, 3.8) is 0 Å². The quantitative estimate of drug-likeness (QED) is 0.865. The molecule has 1 saturated carbocycles. The van der Waals surface area contributed by atoms with Crippen molar-refractivity contribution in [2.45, 2.75) is 44.8 Å². The van der Waals surface area contributed by atoms with Crippen LogP contribution < -0.4 is 5.32 Å². The summed E-state index contributed by atoms with van der Waals surface area (Å²) in [5, 5.41) is 3.44. The summed E-state index contributed by atoms with van der Waals surface area (Å²) in [6.07, 6.45) is -2.16. The van der Waals surface area contributed by atoms with Crippen LogP contribution in [0.1, 0.15) is 43.7 Å². The zero-order chi connectivity index (χ0) is 14.0. The van der Waals surface area contributed by atoms with Gasteiger partial charge >= 0.3 is 6.18 Å². The molecule has 0 spiro atoms. The second-order valence-electron chi connectivity index (χ2n) is 5.20. The van der Waals surface area contributed by atoms with E-state index in [0.29, 0.717) is 17.9 Å². The first-order chi connectivity index (χ1) is 8.97. The largest absolute Gasteiger partial charge is 0.416 e. The van der Waals surface area contributed by atoms with Gasteiger partial charge in [0, 0.05) is 6.04 Å². The first-order valence-corrected chi connectivity index (χ1v) is 6.87. The monoisotopic (exact) mass is 271 g/mol. The van der Waals surface area contributed by atoms with Crippen molar-refractivity contribution >= 4 is 0 Å². The molecule has 0 bridgehead atoms. The van der Waals surface area contributed by atoms with Crippen LogP contribution in [0, 0.1) is 5.92 Å². The minimum atomic E-state index is -4.24. The van der Waals surface area contributed by atoms with Crippen molar-refractivity contribution in [2.24, 2.45) is 5.92 Å². The van der Waals surface area contributed by atoms with E-state index in [4.69, 9.17) is 0 Å². The first kappa shape index (κ1) is 14.4. The zero-order valence-corrected chi connectivity index (χ0v) is 11.3. The van der Waals surface area contributed by atoms with Crippen molar-refractivity contribution in [2.75, 3.05) is 6.54 Å². The molecule has 1 aliphatic carbocycles. The van der Waals surface area contributed by atoms with Gasteiger partial charge in [-0.1, -0.05) is 32.4 Å². The smallest absolute Gasteiger partial charge is 0.314 e. The van der Waals surface area contributed by atoms with Crippen molar-refractivity contribution < 1.29 is 13.2 Å². The summed E-state index contributed by atoms with van der Waals surface area (Å²) < 4.78 is 37.5. The van der Waals surface area contributed by atoms with Crippen LogP contribution in [-0.4, -0.2) is 12.6 Å². The van der Waals surface area contributed by atoms with E-state index in [0.717, 1.165) is 24.9 Å². The molecule has 1 aromatic carbocycles. The number of halogens is 3. The first-order valence-electron chi connectivity index (χ1n) is 6.87. The Balaban J connectivity index is 2.07. The molecule has 0 amide bonds. The number of benzene rings is 1. The van der Waals surface area contributed by atoms with Crippen LogP contribution in [0.5, 0.6) is 0 Å². The van der Waals surface area contributed by atoms with Gasteiger partial charge in [0.05, 0.1) is 5.56 Å². The Bertz CT molecular complexity index is 410. The third-order valence-corrected chi connectivity index (χ3v) is 4.15. The molecule has 106 valence electrons. The molecule has 1 fully saturated rings. The Labute approximate surface area is 112 Å².